The molecule has 0 N–H and O–H groups in total. The summed E-state index contributed by atoms with van der Waals surface area (Å²) in [5, 5.41) is 0.783. The number of hydrogen-bond donors (Lipinski definition) is 0. The Labute approximate surface area is 153 Å². The molecule has 0 aliphatic carbocycles. The van der Waals surface area contributed by atoms with Crippen molar-refractivity contribution in [3.8, 4) is 0 Å². The molecule has 0 spiro atoms. The molecule has 2 saturated heterocycles. The molecule has 1 aromatic heterocycles. The summed E-state index contributed by atoms with van der Waals surface area (Å²) in [5.41, 5.74) is 0.121. The van der Waals surface area contributed by atoms with Crippen LogP contribution in [-0.4, -0.2) is 46.9 Å². The Morgan fingerprint density at radius 1 is 1.12 bits per heavy atom. The Morgan fingerprint density at radius 3 is 2.62 bits per heavy atom. The van der Waals surface area contributed by atoms with Crippen LogP contribution >= 0.6 is 0 Å². The Hall–Kier alpha value is -2.14. The highest BCUT2D eigenvalue weighted by molar-refractivity contribution is 5.96. The number of hydrogen-bond acceptors (Lipinski definition) is 4. The van der Waals surface area contributed by atoms with Gasteiger partial charge in [0.1, 0.15) is 11.1 Å². The van der Waals surface area contributed by atoms with Crippen LogP contribution in [-0.2, 0) is 0 Å². The molecule has 3 atom stereocenters. The zero-order chi connectivity index (χ0) is 18.3. The first kappa shape index (κ1) is 17.3. The molecule has 2 fully saturated rings. The lowest BCUT2D eigenvalue weighted by Crippen LogP contribution is -2.53. The zero-order valence-corrected chi connectivity index (χ0v) is 15.5. The minimum atomic E-state index is -0.543. The number of rotatable bonds is 2. The molecule has 0 saturated carbocycles. The Morgan fingerprint density at radius 2 is 1.85 bits per heavy atom. The first-order valence-corrected chi connectivity index (χ1v) is 9.64. The lowest BCUT2D eigenvalue weighted by molar-refractivity contribution is 0.0484. The highest BCUT2D eigenvalue weighted by Crippen LogP contribution is 2.30. The highest BCUT2D eigenvalue weighted by Gasteiger charge is 2.36. The lowest BCUT2D eigenvalue weighted by Gasteiger charge is -2.41. The van der Waals surface area contributed by atoms with E-state index in [0.717, 1.165) is 18.2 Å². The molecule has 5 heteroatoms. The Kier molecular flexibility index (Phi) is 4.57. The van der Waals surface area contributed by atoms with E-state index in [1.165, 1.54) is 12.8 Å². The number of likely N-dealkylation sites (tertiary alicyclic amines) is 2. The molecule has 5 nitrogen and oxygen atoms in total. The van der Waals surface area contributed by atoms with Gasteiger partial charge in [-0.2, -0.15) is 0 Å². The maximum absolute atomic E-state index is 13.0. The Bertz CT molecular complexity index is 865. The lowest BCUT2D eigenvalue weighted by atomic mass is 10.0. The van der Waals surface area contributed by atoms with Gasteiger partial charge in [0.25, 0.3) is 5.91 Å². The maximum atomic E-state index is 13.0. The normalized spacial score (nSPS) is 27.2. The molecule has 2 aliphatic heterocycles. The van der Waals surface area contributed by atoms with Crippen molar-refractivity contribution in [2.45, 2.75) is 57.7 Å². The molecule has 0 unspecified atom stereocenters. The molecule has 4 rings (SSSR count). The van der Waals surface area contributed by atoms with Crippen LogP contribution in [0.2, 0.25) is 0 Å². The van der Waals surface area contributed by atoms with Crippen LogP contribution in [0.5, 0.6) is 0 Å². The van der Waals surface area contributed by atoms with Gasteiger partial charge in [-0.05, 0) is 51.7 Å². The van der Waals surface area contributed by atoms with Crippen molar-refractivity contribution in [1.29, 1.82) is 0 Å². The number of para-hydroxylation sites is 1. The predicted octanol–water partition coefficient (Wildman–Crippen LogP) is 3.27. The van der Waals surface area contributed by atoms with Crippen LogP contribution in [0.25, 0.3) is 11.0 Å². The third-order valence-corrected chi connectivity index (χ3v) is 6.00. The average Bonchev–Trinajstić information content (AvgIpc) is 2.99. The number of fused-ring (bicyclic) bond motifs is 1. The molecule has 0 bridgehead atoms. The van der Waals surface area contributed by atoms with Crippen LogP contribution < -0.4 is 5.63 Å². The largest absolute Gasteiger partial charge is 0.422 e. The molecule has 3 heterocycles. The van der Waals surface area contributed by atoms with Crippen molar-refractivity contribution in [2.24, 2.45) is 0 Å². The van der Waals surface area contributed by atoms with Crippen molar-refractivity contribution in [1.82, 2.24) is 9.80 Å². The molecule has 2 aromatic rings. The van der Waals surface area contributed by atoms with Crippen LogP contribution in [0.3, 0.4) is 0 Å². The van der Waals surface area contributed by atoms with E-state index in [1.54, 1.807) is 12.1 Å². The van der Waals surface area contributed by atoms with Crippen molar-refractivity contribution in [3.05, 3.63) is 46.3 Å². The van der Waals surface area contributed by atoms with Crippen molar-refractivity contribution in [3.63, 3.8) is 0 Å². The first-order valence-electron chi connectivity index (χ1n) is 9.64. The standard InChI is InChI=1S/C21H26N2O3/c1-14-9-10-15(2)23(14)17-7-5-11-22(13-17)20(24)18-12-16-6-3-4-8-19(16)26-21(18)25/h3-4,6,8,12,14-15,17H,5,7,9-11,13H2,1-2H3/t14-,15+,17-/m0/s1. The molecule has 2 aliphatic rings. The van der Waals surface area contributed by atoms with Gasteiger partial charge in [0.15, 0.2) is 0 Å². The quantitative estimate of drug-likeness (QED) is 0.777. The van der Waals surface area contributed by atoms with E-state index in [4.69, 9.17) is 4.42 Å². The number of piperidine rings is 1. The molecular weight excluding hydrogens is 328 g/mol. The summed E-state index contributed by atoms with van der Waals surface area (Å²) in [4.78, 5) is 29.8. The monoisotopic (exact) mass is 354 g/mol. The summed E-state index contributed by atoms with van der Waals surface area (Å²) in [7, 11) is 0. The Balaban J connectivity index is 1.58. The minimum Gasteiger partial charge on any atom is -0.422 e. The number of carbonyl (C=O) groups is 1. The summed E-state index contributed by atoms with van der Waals surface area (Å²) in [5.74, 6) is -0.200. The summed E-state index contributed by atoms with van der Waals surface area (Å²) in [6.45, 7) is 5.96. The first-order chi connectivity index (χ1) is 12.5. The van der Waals surface area contributed by atoms with Gasteiger partial charge in [-0.1, -0.05) is 18.2 Å². The minimum absolute atomic E-state index is 0.145. The van der Waals surface area contributed by atoms with Crippen molar-refractivity contribution >= 4 is 16.9 Å². The van der Waals surface area contributed by atoms with Gasteiger partial charge in [-0.15, -0.1) is 0 Å². The fourth-order valence-corrected chi connectivity index (χ4v) is 4.70. The van der Waals surface area contributed by atoms with E-state index in [9.17, 15) is 9.59 Å². The fourth-order valence-electron chi connectivity index (χ4n) is 4.70. The number of benzene rings is 1. The van der Waals surface area contributed by atoms with Gasteiger partial charge in [-0.3, -0.25) is 9.69 Å². The van der Waals surface area contributed by atoms with E-state index in [0.29, 0.717) is 36.8 Å². The molecule has 1 amide bonds. The molecule has 1 aromatic carbocycles. The fraction of sp³-hybridized carbons (Fsp3) is 0.524. The van der Waals surface area contributed by atoms with Gasteiger partial charge >= 0.3 is 5.63 Å². The van der Waals surface area contributed by atoms with E-state index >= 15 is 0 Å². The molecule has 0 radical (unpaired) electrons. The maximum Gasteiger partial charge on any atom is 0.349 e. The topological polar surface area (TPSA) is 53.8 Å². The van der Waals surface area contributed by atoms with Gasteiger partial charge in [0, 0.05) is 36.6 Å². The van der Waals surface area contributed by atoms with E-state index in [-0.39, 0.29) is 11.5 Å². The van der Waals surface area contributed by atoms with Crippen molar-refractivity contribution < 1.29 is 9.21 Å². The van der Waals surface area contributed by atoms with Crippen LogP contribution in [0.15, 0.2) is 39.5 Å². The SMILES string of the molecule is C[C@@H]1CC[C@H](C)N1[C@H]1CCCN(C(=O)c2cc3ccccc3oc2=O)C1. The van der Waals surface area contributed by atoms with Crippen LogP contribution in [0.4, 0.5) is 0 Å². The second-order valence-corrected chi connectivity index (χ2v) is 7.76. The predicted molar refractivity (Wildman–Crippen MR) is 101 cm³/mol. The second kappa shape index (κ2) is 6.88. The number of carbonyl (C=O) groups excluding carboxylic acids is 1. The molecule has 26 heavy (non-hydrogen) atoms. The summed E-state index contributed by atoms with van der Waals surface area (Å²) >= 11 is 0. The zero-order valence-electron chi connectivity index (χ0n) is 15.5. The van der Waals surface area contributed by atoms with E-state index in [1.807, 2.05) is 23.1 Å². The molecule has 138 valence electrons. The number of nitrogens with zero attached hydrogens (tertiary/aromatic N) is 2. The summed E-state index contributed by atoms with van der Waals surface area (Å²) in [6.07, 6.45) is 4.54. The third kappa shape index (κ3) is 3.05. The summed E-state index contributed by atoms with van der Waals surface area (Å²) in [6, 6.07) is 10.5. The van der Waals surface area contributed by atoms with Gasteiger partial charge in [-0.25, -0.2) is 4.79 Å². The smallest absolute Gasteiger partial charge is 0.349 e. The van der Waals surface area contributed by atoms with E-state index < -0.39 is 5.63 Å². The van der Waals surface area contributed by atoms with Gasteiger partial charge < -0.3 is 9.32 Å². The van der Waals surface area contributed by atoms with Crippen LogP contribution in [0, 0.1) is 0 Å². The van der Waals surface area contributed by atoms with E-state index in [2.05, 4.69) is 18.7 Å². The number of amides is 1. The average molecular weight is 354 g/mol. The molecular formula is C21H26N2O3. The van der Waals surface area contributed by atoms with Crippen LogP contribution in [0.1, 0.15) is 49.9 Å². The van der Waals surface area contributed by atoms with Gasteiger partial charge in [0.05, 0.1) is 0 Å². The highest BCUT2D eigenvalue weighted by atomic mass is 16.4. The summed E-state index contributed by atoms with van der Waals surface area (Å²) < 4.78 is 5.35. The van der Waals surface area contributed by atoms with Gasteiger partial charge in [0.2, 0.25) is 0 Å². The third-order valence-electron chi connectivity index (χ3n) is 6.00. The second-order valence-electron chi connectivity index (χ2n) is 7.76. The van der Waals surface area contributed by atoms with Crippen molar-refractivity contribution in [2.75, 3.05) is 13.1 Å².